The molecule has 112 valence electrons. The minimum absolute atomic E-state index is 0.143. The lowest BCUT2D eigenvalue weighted by atomic mass is 10.1. The third kappa shape index (κ3) is 4.20. The van der Waals surface area contributed by atoms with Gasteiger partial charge < -0.3 is 10.2 Å². The van der Waals surface area contributed by atoms with Crippen molar-refractivity contribution in [2.45, 2.75) is 71.5 Å². The molecule has 1 aromatic heterocycles. The molecular weight excluding hydrogens is 246 g/mol. The summed E-state index contributed by atoms with van der Waals surface area (Å²) in [5, 5.41) is 3.57. The molecule has 0 bridgehead atoms. The second-order valence-electron chi connectivity index (χ2n) is 7.36. The summed E-state index contributed by atoms with van der Waals surface area (Å²) in [5.41, 5.74) is 2.67. The van der Waals surface area contributed by atoms with Gasteiger partial charge in [-0.25, -0.2) is 4.98 Å². The lowest BCUT2D eigenvalue weighted by Crippen LogP contribution is -2.35. The van der Waals surface area contributed by atoms with Crippen molar-refractivity contribution in [2.24, 2.45) is 0 Å². The van der Waals surface area contributed by atoms with E-state index < -0.39 is 0 Å². The van der Waals surface area contributed by atoms with Crippen molar-refractivity contribution in [2.75, 3.05) is 11.9 Å². The van der Waals surface area contributed by atoms with E-state index in [0.29, 0.717) is 12.0 Å². The third-order valence-electron chi connectivity index (χ3n) is 3.76. The minimum Gasteiger partial charge on any atom is -0.357 e. The van der Waals surface area contributed by atoms with Crippen LogP contribution in [0.5, 0.6) is 0 Å². The van der Waals surface area contributed by atoms with Crippen molar-refractivity contribution in [3.8, 4) is 0 Å². The fourth-order valence-corrected chi connectivity index (χ4v) is 2.19. The van der Waals surface area contributed by atoms with Crippen LogP contribution in [0.4, 0.5) is 5.82 Å². The van der Waals surface area contributed by atoms with Crippen LogP contribution in [-0.2, 0) is 6.54 Å². The van der Waals surface area contributed by atoms with E-state index >= 15 is 0 Å². The molecule has 0 amide bonds. The van der Waals surface area contributed by atoms with E-state index in [4.69, 9.17) is 4.98 Å². The first-order valence-corrected chi connectivity index (χ1v) is 7.75. The monoisotopic (exact) mass is 275 g/mol. The topological polar surface area (TPSA) is 28.2 Å². The third-order valence-corrected chi connectivity index (χ3v) is 3.76. The highest BCUT2D eigenvalue weighted by atomic mass is 15.2. The summed E-state index contributed by atoms with van der Waals surface area (Å²) >= 11 is 0. The number of aromatic nitrogens is 1. The maximum atomic E-state index is 4.84. The van der Waals surface area contributed by atoms with Gasteiger partial charge in [0.1, 0.15) is 5.82 Å². The van der Waals surface area contributed by atoms with E-state index in [1.165, 1.54) is 24.1 Å². The van der Waals surface area contributed by atoms with E-state index in [1.54, 1.807) is 0 Å². The van der Waals surface area contributed by atoms with Gasteiger partial charge in [-0.1, -0.05) is 13.8 Å². The molecule has 1 saturated carbocycles. The number of hydrogen-bond donors (Lipinski definition) is 1. The van der Waals surface area contributed by atoms with Crippen molar-refractivity contribution < 1.29 is 0 Å². The normalized spacial score (nSPS) is 15.8. The van der Waals surface area contributed by atoms with Crippen LogP contribution in [0.15, 0.2) is 12.1 Å². The van der Waals surface area contributed by atoms with Gasteiger partial charge in [0.2, 0.25) is 0 Å². The van der Waals surface area contributed by atoms with E-state index in [0.717, 1.165) is 12.4 Å². The highest BCUT2D eigenvalue weighted by Gasteiger charge is 2.27. The number of nitrogens with one attached hydrogen (secondary N) is 1. The summed E-state index contributed by atoms with van der Waals surface area (Å²) < 4.78 is 0. The molecule has 0 aromatic carbocycles. The highest BCUT2D eigenvalue weighted by Crippen LogP contribution is 2.30. The van der Waals surface area contributed by atoms with Crippen LogP contribution in [0.3, 0.4) is 0 Å². The zero-order chi connectivity index (χ0) is 14.9. The molecule has 1 aliphatic carbocycles. The lowest BCUT2D eigenvalue weighted by molar-refractivity contribution is 0.424. The molecule has 0 radical (unpaired) electrons. The Morgan fingerprint density at radius 2 is 1.95 bits per heavy atom. The Morgan fingerprint density at radius 1 is 1.30 bits per heavy atom. The molecule has 3 heteroatoms. The van der Waals surface area contributed by atoms with Crippen molar-refractivity contribution in [1.82, 2.24) is 10.3 Å². The molecule has 0 atom stereocenters. The molecule has 1 heterocycles. The van der Waals surface area contributed by atoms with Gasteiger partial charge in [0.05, 0.1) is 0 Å². The van der Waals surface area contributed by atoms with Crippen LogP contribution in [0, 0.1) is 0 Å². The van der Waals surface area contributed by atoms with E-state index in [1.807, 2.05) is 0 Å². The first kappa shape index (κ1) is 15.3. The average molecular weight is 275 g/mol. The number of rotatable bonds is 5. The van der Waals surface area contributed by atoms with Gasteiger partial charge in [0.15, 0.2) is 0 Å². The molecule has 0 aliphatic heterocycles. The Balaban J connectivity index is 2.21. The van der Waals surface area contributed by atoms with Gasteiger partial charge in [-0.3, -0.25) is 0 Å². The highest BCUT2D eigenvalue weighted by molar-refractivity contribution is 5.44. The predicted octanol–water partition coefficient (Wildman–Crippen LogP) is 3.69. The molecular formula is C17H29N3. The van der Waals surface area contributed by atoms with Gasteiger partial charge in [0, 0.05) is 30.9 Å². The quantitative estimate of drug-likeness (QED) is 0.888. The Labute approximate surface area is 123 Å². The zero-order valence-corrected chi connectivity index (χ0v) is 13.8. The molecule has 20 heavy (non-hydrogen) atoms. The summed E-state index contributed by atoms with van der Waals surface area (Å²) in [6, 6.07) is 5.18. The standard InChI is InChI=1S/C17H29N3/c1-12(2)15-9-13(11-18-17(3,4)5)10-16(19-15)20(6)14-7-8-14/h9-10,12,14,18H,7-8,11H2,1-6H3. The van der Waals surface area contributed by atoms with E-state index in [9.17, 15) is 0 Å². The number of pyridine rings is 1. The van der Waals surface area contributed by atoms with E-state index in [2.05, 4.69) is 64.0 Å². The predicted molar refractivity (Wildman–Crippen MR) is 86.3 cm³/mol. The number of hydrogen-bond acceptors (Lipinski definition) is 3. The largest absolute Gasteiger partial charge is 0.357 e. The van der Waals surface area contributed by atoms with Gasteiger partial charge in [-0.05, 0) is 57.2 Å². The number of anilines is 1. The van der Waals surface area contributed by atoms with Crippen LogP contribution >= 0.6 is 0 Å². The van der Waals surface area contributed by atoms with Crippen LogP contribution in [0.2, 0.25) is 0 Å². The Bertz CT molecular complexity index is 456. The van der Waals surface area contributed by atoms with Crippen LogP contribution < -0.4 is 10.2 Å². The summed E-state index contributed by atoms with van der Waals surface area (Å²) in [6.45, 7) is 11.9. The zero-order valence-electron chi connectivity index (χ0n) is 13.8. The van der Waals surface area contributed by atoms with Crippen molar-refractivity contribution in [3.05, 3.63) is 23.4 Å². The smallest absolute Gasteiger partial charge is 0.129 e. The summed E-state index contributed by atoms with van der Waals surface area (Å²) in [7, 11) is 2.17. The van der Waals surface area contributed by atoms with Crippen LogP contribution in [0.1, 0.15) is 64.6 Å². The van der Waals surface area contributed by atoms with E-state index in [-0.39, 0.29) is 5.54 Å². The maximum absolute atomic E-state index is 4.84. The first-order valence-electron chi connectivity index (χ1n) is 7.75. The van der Waals surface area contributed by atoms with Gasteiger partial charge in [-0.2, -0.15) is 0 Å². The Morgan fingerprint density at radius 3 is 2.45 bits per heavy atom. The maximum Gasteiger partial charge on any atom is 0.129 e. The fourth-order valence-electron chi connectivity index (χ4n) is 2.19. The first-order chi connectivity index (χ1) is 9.26. The Kier molecular flexibility index (Phi) is 4.38. The molecule has 2 rings (SSSR count). The second kappa shape index (κ2) is 5.72. The molecule has 0 spiro atoms. The van der Waals surface area contributed by atoms with Crippen molar-refractivity contribution >= 4 is 5.82 Å². The molecule has 1 aromatic rings. The SMILES string of the molecule is CC(C)c1cc(CNC(C)(C)C)cc(N(C)C2CC2)n1. The molecule has 0 unspecified atom stereocenters. The molecule has 0 saturated heterocycles. The molecule has 3 nitrogen and oxygen atoms in total. The fraction of sp³-hybridized carbons (Fsp3) is 0.706. The van der Waals surface area contributed by atoms with Gasteiger partial charge >= 0.3 is 0 Å². The Hall–Kier alpha value is -1.09. The average Bonchev–Trinajstić information content (AvgIpc) is 3.18. The van der Waals surface area contributed by atoms with Crippen molar-refractivity contribution in [3.63, 3.8) is 0 Å². The summed E-state index contributed by atoms with van der Waals surface area (Å²) in [5.74, 6) is 1.60. The van der Waals surface area contributed by atoms with Crippen LogP contribution in [-0.4, -0.2) is 23.6 Å². The summed E-state index contributed by atoms with van der Waals surface area (Å²) in [6.07, 6.45) is 2.61. The lowest BCUT2D eigenvalue weighted by Gasteiger charge is -2.23. The van der Waals surface area contributed by atoms with Gasteiger partial charge in [0.25, 0.3) is 0 Å². The second-order valence-corrected chi connectivity index (χ2v) is 7.36. The van der Waals surface area contributed by atoms with Gasteiger partial charge in [-0.15, -0.1) is 0 Å². The minimum atomic E-state index is 0.143. The molecule has 1 aliphatic rings. The molecule has 1 N–H and O–H groups in total. The van der Waals surface area contributed by atoms with Crippen LogP contribution in [0.25, 0.3) is 0 Å². The molecule has 1 fully saturated rings. The summed E-state index contributed by atoms with van der Waals surface area (Å²) in [4.78, 5) is 7.18. The van der Waals surface area contributed by atoms with Crippen molar-refractivity contribution in [1.29, 1.82) is 0 Å². The number of nitrogens with zero attached hydrogens (tertiary/aromatic N) is 2.